The number of oxazole rings is 1. The number of carboxylic acid groups (broad SMARTS) is 1. The zero-order valence-corrected chi connectivity index (χ0v) is 8.55. The van der Waals surface area contributed by atoms with E-state index in [9.17, 15) is 9.59 Å². The molecule has 0 unspecified atom stereocenters. The van der Waals surface area contributed by atoms with Crippen LogP contribution in [0.25, 0.3) is 11.1 Å². The lowest BCUT2D eigenvalue weighted by molar-refractivity contribution is -0.137. The van der Waals surface area contributed by atoms with Gasteiger partial charge in [0.25, 0.3) is 0 Å². The average molecular weight is 221 g/mol. The molecule has 1 aromatic heterocycles. The highest BCUT2D eigenvalue weighted by Gasteiger charge is 2.08. The average Bonchev–Trinajstić information content (AvgIpc) is 2.55. The van der Waals surface area contributed by atoms with E-state index >= 15 is 0 Å². The highest BCUT2D eigenvalue weighted by atomic mass is 16.4. The highest BCUT2D eigenvalue weighted by Crippen LogP contribution is 2.12. The molecule has 1 aromatic carbocycles. The maximum Gasteiger partial charge on any atom is 0.419 e. The van der Waals surface area contributed by atoms with Gasteiger partial charge in [-0.15, -0.1) is 0 Å². The van der Waals surface area contributed by atoms with Gasteiger partial charge in [-0.3, -0.25) is 9.36 Å². The van der Waals surface area contributed by atoms with Crippen LogP contribution in [0.15, 0.2) is 33.5 Å². The Hall–Kier alpha value is -2.04. The number of hydrogen-bond donors (Lipinski definition) is 1. The smallest absolute Gasteiger partial charge is 0.419 e. The van der Waals surface area contributed by atoms with Crippen LogP contribution in [-0.2, 0) is 11.3 Å². The summed E-state index contributed by atoms with van der Waals surface area (Å²) in [4.78, 5) is 21.8. The Labute approximate surface area is 90.9 Å². The number of carbonyl (C=O) groups is 1. The number of aryl methyl sites for hydroxylation is 1. The molecule has 0 aliphatic rings. The summed E-state index contributed by atoms with van der Waals surface area (Å²) >= 11 is 0. The lowest BCUT2D eigenvalue weighted by atomic mass is 10.3. The lowest BCUT2D eigenvalue weighted by Crippen LogP contribution is -2.14. The molecule has 0 fully saturated rings. The zero-order valence-electron chi connectivity index (χ0n) is 8.55. The second-order valence-corrected chi connectivity index (χ2v) is 3.48. The minimum absolute atomic E-state index is 0.0476. The standard InChI is InChI=1S/C11H11NO4/c13-10(14)6-3-7-12-8-4-1-2-5-9(8)16-11(12)15/h1-2,4-5H,3,6-7H2,(H,13,14). The molecular weight excluding hydrogens is 210 g/mol. The van der Waals surface area contributed by atoms with E-state index in [0.717, 1.165) is 0 Å². The maximum absolute atomic E-state index is 11.5. The van der Waals surface area contributed by atoms with Crippen molar-refractivity contribution >= 4 is 17.1 Å². The molecule has 0 saturated heterocycles. The van der Waals surface area contributed by atoms with Crippen molar-refractivity contribution in [3.05, 3.63) is 34.8 Å². The van der Waals surface area contributed by atoms with Gasteiger partial charge in [0.15, 0.2) is 5.58 Å². The summed E-state index contributed by atoms with van der Waals surface area (Å²) in [6, 6.07) is 7.09. The number of hydrogen-bond acceptors (Lipinski definition) is 3. The normalized spacial score (nSPS) is 10.8. The molecule has 1 N–H and O–H groups in total. The minimum atomic E-state index is -0.860. The van der Waals surface area contributed by atoms with Crippen LogP contribution in [0.3, 0.4) is 0 Å². The summed E-state index contributed by atoms with van der Waals surface area (Å²) in [7, 11) is 0. The second kappa shape index (κ2) is 4.22. The van der Waals surface area contributed by atoms with Crippen LogP contribution in [-0.4, -0.2) is 15.6 Å². The number of aliphatic carboxylic acids is 1. The molecule has 84 valence electrons. The molecule has 0 spiro atoms. The van der Waals surface area contributed by atoms with Crippen LogP contribution in [0, 0.1) is 0 Å². The van der Waals surface area contributed by atoms with Gasteiger partial charge in [-0.25, -0.2) is 4.79 Å². The quantitative estimate of drug-likeness (QED) is 0.848. The zero-order chi connectivity index (χ0) is 11.5. The van der Waals surface area contributed by atoms with Crippen molar-refractivity contribution in [3.8, 4) is 0 Å². The van der Waals surface area contributed by atoms with Crippen LogP contribution in [0.1, 0.15) is 12.8 Å². The number of fused-ring (bicyclic) bond motifs is 1. The van der Waals surface area contributed by atoms with Crippen molar-refractivity contribution in [2.45, 2.75) is 19.4 Å². The van der Waals surface area contributed by atoms with Gasteiger partial charge >= 0.3 is 11.7 Å². The summed E-state index contributed by atoms with van der Waals surface area (Å²) in [5.74, 6) is -1.30. The molecule has 0 radical (unpaired) electrons. The Morgan fingerprint density at radius 2 is 2.12 bits per heavy atom. The van der Waals surface area contributed by atoms with E-state index in [-0.39, 0.29) is 6.42 Å². The van der Waals surface area contributed by atoms with E-state index in [4.69, 9.17) is 9.52 Å². The third-order valence-corrected chi connectivity index (χ3v) is 2.35. The van der Waals surface area contributed by atoms with Crippen LogP contribution in [0.5, 0.6) is 0 Å². The van der Waals surface area contributed by atoms with Crippen LogP contribution < -0.4 is 5.76 Å². The molecule has 0 atom stereocenters. The highest BCUT2D eigenvalue weighted by molar-refractivity contribution is 5.72. The summed E-state index contributed by atoms with van der Waals surface area (Å²) < 4.78 is 6.47. The molecule has 0 bridgehead atoms. The number of nitrogens with zero attached hydrogens (tertiary/aromatic N) is 1. The number of aromatic nitrogens is 1. The van der Waals surface area contributed by atoms with Gasteiger partial charge in [0.05, 0.1) is 5.52 Å². The van der Waals surface area contributed by atoms with E-state index in [0.29, 0.717) is 24.1 Å². The fourth-order valence-corrected chi connectivity index (χ4v) is 1.61. The molecule has 2 rings (SSSR count). The molecule has 0 saturated carbocycles. The van der Waals surface area contributed by atoms with Gasteiger partial charge in [-0.05, 0) is 18.6 Å². The topological polar surface area (TPSA) is 72.4 Å². The fraction of sp³-hybridized carbons (Fsp3) is 0.273. The molecule has 5 heteroatoms. The van der Waals surface area contributed by atoms with E-state index < -0.39 is 11.7 Å². The molecule has 0 aliphatic carbocycles. The number of carboxylic acids is 1. The maximum atomic E-state index is 11.5. The van der Waals surface area contributed by atoms with Gasteiger partial charge in [0.1, 0.15) is 0 Å². The third kappa shape index (κ3) is 1.98. The number of benzene rings is 1. The molecule has 5 nitrogen and oxygen atoms in total. The van der Waals surface area contributed by atoms with E-state index in [2.05, 4.69) is 0 Å². The van der Waals surface area contributed by atoms with Crippen molar-refractivity contribution in [2.75, 3.05) is 0 Å². The van der Waals surface area contributed by atoms with Crippen molar-refractivity contribution in [3.63, 3.8) is 0 Å². The number of para-hydroxylation sites is 2. The first kappa shape index (κ1) is 10.5. The summed E-state index contributed by atoms with van der Waals surface area (Å²) in [5, 5.41) is 8.51. The molecule has 2 aromatic rings. The largest absolute Gasteiger partial charge is 0.481 e. The predicted molar refractivity (Wildman–Crippen MR) is 57.3 cm³/mol. The van der Waals surface area contributed by atoms with E-state index in [1.807, 2.05) is 6.07 Å². The number of rotatable bonds is 4. The van der Waals surface area contributed by atoms with E-state index in [1.165, 1.54) is 4.57 Å². The van der Waals surface area contributed by atoms with Crippen molar-refractivity contribution in [2.24, 2.45) is 0 Å². The Bertz CT molecular complexity index is 567. The SMILES string of the molecule is O=C(O)CCCn1c(=O)oc2ccccc21. The third-order valence-electron chi connectivity index (χ3n) is 2.35. The molecule has 0 amide bonds. The van der Waals surface area contributed by atoms with Crippen LogP contribution >= 0.6 is 0 Å². The molecule has 0 aliphatic heterocycles. The van der Waals surface area contributed by atoms with Gasteiger partial charge < -0.3 is 9.52 Å². The van der Waals surface area contributed by atoms with Gasteiger partial charge in [0.2, 0.25) is 0 Å². The monoisotopic (exact) mass is 221 g/mol. The van der Waals surface area contributed by atoms with Gasteiger partial charge in [0, 0.05) is 13.0 Å². The van der Waals surface area contributed by atoms with Crippen LogP contribution in [0.4, 0.5) is 0 Å². The first-order valence-corrected chi connectivity index (χ1v) is 4.98. The second-order valence-electron chi connectivity index (χ2n) is 3.48. The first-order chi connectivity index (χ1) is 7.68. The fourth-order valence-electron chi connectivity index (χ4n) is 1.61. The summed E-state index contributed by atoms with van der Waals surface area (Å²) in [6.07, 6.45) is 0.463. The van der Waals surface area contributed by atoms with Crippen molar-refractivity contribution in [1.82, 2.24) is 4.57 Å². The van der Waals surface area contributed by atoms with E-state index in [1.54, 1.807) is 18.2 Å². The molecule has 1 heterocycles. The van der Waals surface area contributed by atoms with Gasteiger partial charge in [-0.1, -0.05) is 12.1 Å². The minimum Gasteiger partial charge on any atom is -0.481 e. The Morgan fingerprint density at radius 3 is 2.88 bits per heavy atom. The summed E-state index contributed by atoms with van der Waals surface area (Å²) in [5.41, 5.74) is 1.24. The molecule has 16 heavy (non-hydrogen) atoms. The first-order valence-electron chi connectivity index (χ1n) is 4.98. The summed E-state index contributed by atoms with van der Waals surface area (Å²) in [6.45, 7) is 0.363. The Kier molecular flexibility index (Phi) is 2.76. The van der Waals surface area contributed by atoms with Crippen molar-refractivity contribution in [1.29, 1.82) is 0 Å². The Morgan fingerprint density at radius 1 is 1.38 bits per heavy atom. The lowest BCUT2D eigenvalue weighted by Gasteiger charge is -1.99. The molecular formula is C11H11NO4. The van der Waals surface area contributed by atoms with Crippen LogP contribution in [0.2, 0.25) is 0 Å². The predicted octanol–water partition coefficient (Wildman–Crippen LogP) is 1.46. The Balaban J connectivity index is 2.26. The van der Waals surface area contributed by atoms with Crippen molar-refractivity contribution < 1.29 is 14.3 Å². The van der Waals surface area contributed by atoms with Gasteiger partial charge in [-0.2, -0.15) is 0 Å².